The second-order valence-electron chi connectivity index (χ2n) is 12.2. The van der Waals surface area contributed by atoms with Crippen LogP contribution in [0.5, 0.6) is 0 Å². The Labute approximate surface area is 230 Å². The van der Waals surface area contributed by atoms with Crippen molar-refractivity contribution in [3.63, 3.8) is 0 Å². The second kappa shape index (κ2) is 10.5. The molecule has 3 heterocycles. The zero-order valence-corrected chi connectivity index (χ0v) is 23.9. The number of cyclic esters (lactones) is 1. The van der Waals surface area contributed by atoms with Gasteiger partial charge in [-0.2, -0.15) is 13.2 Å². The lowest BCUT2D eigenvalue weighted by molar-refractivity contribution is -0.187. The Hall–Kier alpha value is -1.82. The average molecular weight is 574 g/mol. The Kier molecular flexibility index (Phi) is 8.15. The van der Waals surface area contributed by atoms with Gasteiger partial charge in [0.15, 0.2) is 5.60 Å². The van der Waals surface area contributed by atoms with Crippen molar-refractivity contribution in [3.8, 4) is 0 Å². The van der Waals surface area contributed by atoms with Gasteiger partial charge in [0.05, 0.1) is 34.7 Å². The van der Waals surface area contributed by atoms with Gasteiger partial charge in [0.2, 0.25) is 0 Å². The number of rotatable bonds is 2. The van der Waals surface area contributed by atoms with Gasteiger partial charge in [0, 0.05) is 17.7 Å². The van der Waals surface area contributed by atoms with Gasteiger partial charge in [-0.05, 0) is 56.1 Å². The van der Waals surface area contributed by atoms with E-state index in [0.717, 1.165) is 5.01 Å². The highest BCUT2D eigenvalue weighted by Crippen LogP contribution is 2.61. The summed E-state index contributed by atoms with van der Waals surface area (Å²) in [5.41, 5.74) is -2.60. The highest BCUT2D eigenvalue weighted by Gasteiger charge is 2.74. The number of epoxide rings is 1. The van der Waals surface area contributed by atoms with Crippen LogP contribution in [0, 0.1) is 36.0 Å². The van der Waals surface area contributed by atoms with Crippen LogP contribution < -0.4 is 0 Å². The Morgan fingerprint density at radius 3 is 2.46 bits per heavy atom. The number of aliphatic hydroxyl groups is 2. The van der Waals surface area contributed by atoms with Crippen molar-refractivity contribution in [3.05, 3.63) is 21.7 Å². The summed E-state index contributed by atoms with van der Waals surface area (Å²) in [5, 5.41) is 24.5. The lowest BCUT2D eigenvalue weighted by Gasteiger charge is -2.34. The minimum atomic E-state index is -4.63. The Morgan fingerprint density at radius 2 is 1.87 bits per heavy atom. The average Bonchev–Trinajstić information content (AvgIpc) is 3.72. The third-order valence-corrected chi connectivity index (χ3v) is 9.82. The van der Waals surface area contributed by atoms with Gasteiger partial charge in [0.25, 0.3) is 0 Å². The van der Waals surface area contributed by atoms with Crippen LogP contribution in [0.15, 0.2) is 11.0 Å². The number of aromatic nitrogens is 1. The number of nitrogens with zero attached hydrogens (tertiary/aromatic N) is 1. The second-order valence-corrected chi connectivity index (χ2v) is 13.3. The minimum absolute atomic E-state index is 0.177. The van der Waals surface area contributed by atoms with Crippen molar-refractivity contribution in [2.45, 2.75) is 103 Å². The van der Waals surface area contributed by atoms with Crippen molar-refractivity contribution in [2.24, 2.45) is 29.1 Å². The lowest BCUT2D eigenvalue weighted by atomic mass is 9.72. The van der Waals surface area contributed by atoms with E-state index in [2.05, 4.69) is 4.98 Å². The predicted octanol–water partition coefficient (Wildman–Crippen LogP) is 4.88. The first-order valence-corrected chi connectivity index (χ1v) is 14.3. The van der Waals surface area contributed by atoms with Crippen molar-refractivity contribution >= 4 is 29.2 Å². The van der Waals surface area contributed by atoms with Crippen molar-refractivity contribution in [1.82, 2.24) is 4.98 Å². The maximum Gasteiger partial charge on any atom is 0.420 e. The summed E-state index contributed by atoms with van der Waals surface area (Å²) in [6.07, 6.45) is -8.19. The molecule has 0 unspecified atom stereocenters. The summed E-state index contributed by atoms with van der Waals surface area (Å²) in [6.45, 7) is 9.83. The molecule has 2 saturated heterocycles. The van der Waals surface area contributed by atoms with E-state index in [-0.39, 0.29) is 24.7 Å². The number of hydrogen-bond acceptors (Lipinski definition) is 8. The van der Waals surface area contributed by atoms with Gasteiger partial charge in [0.1, 0.15) is 18.0 Å². The van der Waals surface area contributed by atoms with E-state index < -0.39 is 71.6 Å². The molecule has 218 valence electrons. The van der Waals surface area contributed by atoms with Gasteiger partial charge in [-0.25, -0.2) is 4.98 Å². The van der Waals surface area contributed by atoms with E-state index in [4.69, 9.17) is 9.47 Å². The van der Waals surface area contributed by atoms with Crippen LogP contribution in [0.4, 0.5) is 13.2 Å². The quantitative estimate of drug-likeness (QED) is 0.384. The van der Waals surface area contributed by atoms with E-state index in [9.17, 15) is 33.0 Å². The first-order valence-electron chi connectivity index (χ1n) is 13.4. The Balaban J connectivity index is 1.67. The molecule has 39 heavy (non-hydrogen) atoms. The summed E-state index contributed by atoms with van der Waals surface area (Å²) < 4.78 is 54.1. The summed E-state index contributed by atoms with van der Waals surface area (Å²) in [6, 6.07) is 0. The lowest BCUT2D eigenvalue weighted by Crippen LogP contribution is -2.46. The van der Waals surface area contributed by atoms with Crippen LogP contribution in [0.25, 0.3) is 6.08 Å². The molecule has 4 rings (SSSR count). The minimum Gasteiger partial charge on any atom is -0.458 e. The van der Waals surface area contributed by atoms with Crippen LogP contribution in [0.3, 0.4) is 0 Å². The molecule has 0 amide bonds. The number of carbonyl (C=O) groups excluding carboxylic acids is 2. The normalized spacial score (nSPS) is 39.9. The van der Waals surface area contributed by atoms with E-state index in [1.54, 1.807) is 32.2 Å². The molecule has 9 atom stereocenters. The van der Waals surface area contributed by atoms with Gasteiger partial charge < -0.3 is 19.7 Å². The number of carbonyl (C=O) groups is 2. The monoisotopic (exact) mass is 573 g/mol. The summed E-state index contributed by atoms with van der Waals surface area (Å²) in [4.78, 5) is 30.6. The largest absolute Gasteiger partial charge is 0.458 e. The highest BCUT2D eigenvalue weighted by molar-refractivity contribution is 7.09. The standard InChI is InChI=1S/C28H38F3NO6S/c1-13(7-18-12-39-16(4)32-18)20-9-22-27(38-22,28(29,30)31)11-17-8-19(17)14(2)24(35)15(3)25(36)26(5,6)21(33)10-23(34)37-20/h7,12,14-15,17,19-22,24,33,35H,8-11H2,1-6H3/b13-7+/t14-,15+,17-,19+,20+,21-,22-,24-,27+/m0/s1. The van der Waals surface area contributed by atoms with E-state index in [1.807, 2.05) is 6.92 Å². The molecule has 0 spiro atoms. The van der Waals surface area contributed by atoms with Gasteiger partial charge in [-0.3, -0.25) is 9.59 Å². The van der Waals surface area contributed by atoms with Crippen LogP contribution in [-0.2, 0) is 19.1 Å². The highest BCUT2D eigenvalue weighted by atomic mass is 32.1. The maximum atomic E-state index is 14.3. The smallest absolute Gasteiger partial charge is 0.420 e. The van der Waals surface area contributed by atoms with E-state index in [1.165, 1.54) is 25.2 Å². The number of esters is 1. The molecular formula is C28H38F3NO6S. The Bertz CT molecular complexity index is 1130. The summed E-state index contributed by atoms with van der Waals surface area (Å²) >= 11 is 1.42. The molecule has 2 N–H and O–H groups in total. The van der Waals surface area contributed by atoms with Crippen LogP contribution >= 0.6 is 11.3 Å². The topological polar surface area (TPSA) is 109 Å². The fourth-order valence-corrected chi connectivity index (χ4v) is 6.64. The molecule has 3 fully saturated rings. The first kappa shape index (κ1) is 30.1. The fourth-order valence-electron chi connectivity index (χ4n) is 6.07. The number of aliphatic hydroxyl groups excluding tert-OH is 2. The van der Waals surface area contributed by atoms with E-state index >= 15 is 0 Å². The molecular weight excluding hydrogens is 535 g/mol. The molecule has 2 aliphatic heterocycles. The number of thiazole rings is 1. The molecule has 11 heteroatoms. The molecule has 0 aromatic carbocycles. The van der Waals surface area contributed by atoms with Crippen LogP contribution in [0.1, 0.15) is 71.0 Å². The maximum absolute atomic E-state index is 14.3. The van der Waals surface area contributed by atoms with Crippen molar-refractivity contribution in [1.29, 1.82) is 0 Å². The SMILES string of the molecule is C/C(=C\c1csc(C)n1)[C@H]1C[C@@H]2O[C@]2(C(F)(F)F)C[C@@H]2C[C@@H]2[C@H](C)[C@H](O)[C@@H](C)C(=O)C(C)(C)[C@@H](O)CC(=O)O1. The number of alkyl halides is 3. The molecule has 3 aliphatic rings. The zero-order chi connectivity index (χ0) is 29.1. The molecule has 0 bridgehead atoms. The molecule has 0 radical (unpaired) electrons. The van der Waals surface area contributed by atoms with E-state index in [0.29, 0.717) is 17.7 Å². The Morgan fingerprint density at radius 1 is 1.21 bits per heavy atom. The van der Waals surface area contributed by atoms with Gasteiger partial charge >= 0.3 is 12.1 Å². The van der Waals surface area contributed by atoms with Crippen molar-refractivity contribution in [2.75, 3.05) is 0 Å². The number of hydrogen-bond donors (Lipinski definition) is 2. The number of halogens is 3. The molecule has 1 aliphatic carbocycles. The zero-order valence-electron chi connectivity index (χ0n) is 23.1. The van der Waals surface area contributed by atoms with Crippen molar-refractivity contribution < 1.29 is 42.4 Å². The predicted molar refractivity (Wildman–Crippen MR) is 139 cm³/mol. The molecule has 1 aromatic heterocycles. The number of ether oxygens (including phenoxy) is 2. The summed E-state index contributed by atoms with van der Waals surface area (Å²) in [7, 11) is 0. The first-order chi connectivity index (χ1) is 18.0. The van der Waals surface area contributed by atoms with Gasteiger partial charge in [-0.15, -0.1) is 11.3 Å². The number of Topliss-reactive ketones (excluding diaryl/α,β-unsaturated/α-hetero) is 1. The number of fused-ring (bicyclic) bond motifs is 2. The van der Waals surface area contributed by atoms with Crippen LogP contribution in [-0.4, -0.2) is 63.1 Å². The molecule has 1 saturated carbocycles. The van der Waals surface area contributed by atoms with Gasteiger partial charge in [-0.1, -0.05) is 27.7 Å². The number of aryl methyl sites for hydroxylation is 1. The fraction of sp³-hybridized carbons (Fsp3) is 0.750. The third-order valence-electron chi connectivity index (χ3n) is 9.03. The molecule has 7 nitrogen and oxygen atoms in total. The van der Waals surface area contributed by atoms with Crippen LogP contribution in [0.2, 0.25) is 0 Å². The summed E-state index contributed by atoms with van der Waals surface area (Å²) in [5.74, 6) is -3.05. The molecule has 1 aromatic rings. The third kappa shape index (κ3) is 5.96. The number of ketones is 1.